The van der Waals surface area contributed by atoms with Gasteiger partial charge in [0.2, 0.25) is 0 Å². The molecule has 0 radical (unpaired) electrons. The molecule has 0 saturated heterocycles. The van der Waals surface area contributed by atoms with Crippen LogP contribution in [0, 0.1) is 0 Å². The van der Waals surface area contributed by atoms with Crippen molar-refractivity contribution in [2.45, 2.75) is 0 Å². The van der Waals surface area contributed by atoms with Crippen LogP contribution >= 0.6 is 15.9 Å². The molecule has 0 amide bonds. The molecule has 2 rings (SSSR count). The average molecular weight is 348 g/mol. The zero-order chi connectivity index (χ0) is 15.1. The van der Waals surface area contributed by atoms with Crippen LogP contribution in [0.4, 0.5) is 0 Å². The van der Waals surface area contributed by atoms with Gasteiger partial charge in [0.25, 0.3) is 0 Å². The first-order chi connectivity index (χ1) is 10.2. The van der Waals surface area contributed by atoms with Crippen LogP contribution in [0.3, 0.4) is 0 Å². The Balaban J connectivity index is 2.22. The van der Waals surface area contributed by atoms with Gasteiger partial charge in [-0.2, -0.15) is 0 Å². The number of hydrogen-bond donors (Lipinski definition) is 0. The van der Waals surface area contributed by atoms with Gasteiger partial charge in [-0.05, 0) is 38.4 Å². The van der Waals surface area contributed by atoms with E-state index < -0.39 is 0 Å². The molecular weight excluding hydrogens is 330 g/mol. The minimum atomic E-state index is 0.554. The lowest BCUT2D eigenvalue weighted by molar-refractivity contribution is 0.126. The van der Waals surface area contributed by atoms with Gasteiger partial charge in [0, 0.05) is 34.5 Å². The normalized spacial score (nSPS) is 11.7. The zero-order valence-corrected chi connectivity index (χ0v) is 13.7. The molecule has 0 bridgehead atoms. The van der Waals surface area contributed by atoms with Crippen LogP contribution in [-0.2, 0) is 4.84 Å². The van der Waals surface area contributed by atoms with Crippen molar-refractivity contribution in [1.82, 2.24) is 9.88 Å². The van der Waals surface area contributed by atoms with Gasteiger partial charge in [0.1, 0.15) is 12.3 Å². The SMILES string of the molecule is CN(C)CCON=C(c1ccncc1)c1ccc(Br)cc1. The smallest absolute Gasteiger partial charge is 0.129 e. The van der Waals surface area contributed by atoms with Crippen LogP contribution in [0.5, 0.6) is 0 Å². The second-order valence-electron chi connectivity index (χ2n) is 4.82. The molecular formula is C16H18BrN3O. The van der Waals surface area contributed by atoms with Gasteiger partial charge in [0.05, 0.1) is 0 Å². The quantitative estimate of drug-likeness (QED) is 0.457. The Hall–Kier alpha value is -1.72. The standard InChI is InChI=1S/C16H18BrN3O/c1-20(2)11-12-21-19-16(14-7-9-18-10-8-14)13-3-5-15(17)6-4-13/h3-10H,11-12H2,1-2H3. The van der Waals surface area contributed by atoms with Gasteiger partial charge in [-0.15, -0.1) is 0 Å². The summed E-state index contributed by atoms with van der Waals surface area (Å²) < 4.78 is 1.04. The fourth-order valence-corrected chi connectivity index (χ4v) is 1.99. The Morgan fingerprint density at radius 1 is 1.10 bits per heavy atom. The lowest BCUT2D eigenvalue weighted by Crippen LogP contribution is -2.17. The van der Waals surface area contributed by atoms with E-state index >= 15 is 0 Å². The molecule has 5 heteroatoms. The summed E-state index contributed by atoms with van der Waals surface area (Å²) in [4.78, 5) is 11.6. The summed E-state index contributed by atoms with van der Waals surface area (Å²) >= 11 is 3.44. The molecule has 0 N–H and O–H groups in total. The molecule has 0 aliphatic carbocycles. The second kappa shape index (κ2) is 7.90. The predicted octanol–water partition coefficient (Wildman–Crippen LogP) is 3.17. The number of halogens is 1. The molecule has 21 heavy (non-hydrogen) atoms. The van der Waals surface area contributed by atoms with Crippen LogP contribution in [0.2, 0.25) is 0 Å². The summed E-state index contributed by atoms with van der Waals surface area (Å²) in [5.41, 5.74) is 2.80. The van der Waals surface area contributed by atoms with Crippen LogP contribution < -0.4 is 0 Å². The van der Waals surface area contributed by atoms with Gasteiger partial charge in [0.15, 0.2) is 0 Å². The number of rotatable bonds is 6. The highest BCUT2D eigenvalue weighted by Crippen LogP contribution is 2.15. The maximum Gasteiger partial charge on any atom is 0.129 e. The fourth-order valence-electron chi connectivity index (χ4n) is 1.72. The highest BCUT2D eigenvalue weighted by atomic mass is 79.9. The molecule has 1 aromatic heterocycles. The van der Waals surface area contributed by atoms with Gasteiger partial charge in [-0.3, -0.25) is 4.98 Å². The van der Waals surface area contributed by atoms with E-state index in [1.807, 2.05) is 50.5 Å². The van der Waals surface area contributed by atoms with Gasteiger partial charge in [-0.1, -0.05) is 33.2 Å². The summed E-state index contributed by atoms with van der Waals surface area (Å²) in [7, 11) is 4.01. The third kappa shape index (κ3) is 4.95. The Bertz CT molecular complexity index is 582. The Morgan fingerprint density at radius 2 is 1.71 bits per heavy atom. The summed E-state index contributed by atoms with van der Waals surface area (Å²) in [6.07, 6.45) is 3.51. The van der Waals surface area contributed by atoms with Crippen LogP contribution in [0.25, 0.3) is 0 Å². The second-order valence-corrected chi connectivity index (χ2v) is 5.73. The highest BCUT2D eigenvalue weighted by molar-refractivity contribution is 9.10. The molecule has 4 nitrogen and oxygen atoms in total. The Kier molecular flexibility index (Phi) is 5.90. The van der Waals surface area contributed by atoms with Crippen molar-refractivity contribution < 1.29 is 4.84 Å². The lowest BCUT2D eigenvalue weighted by Gasteiger charge is -2.10. The zero-order valence-electron chi connectivity index (χ0n) is 12.2. The van der Waals surface area contributed by atoms with Crippen LogP contribution in [0.15, 0.2) is 58.4 Å². The highest BCUT2D eigenvalue weighted by Gasteiger charge is 2.08. The molecule has 0 saturated carbocycles. The van der Waals surface area contributed by atoms with Gasteiger partial charge < -0.3 is 9.74 Å². The molecule has 0 aliphatic heterocycles. The van der Waals surface area contributed by atoms with Crippen LogP contribution in [0.1, 0.15) is 11.1 Å². The third-order valence-electron chi connectivity index (χ3n) is 2.86. The molecule has 1 heterocycles. The average Bonchev–Trinajstić information content (AvgIpc) is 2.49. The maximum absolute atomic E-state index is 5.46. The molecule has 0 fully saturated rings. The molecule has 0 aliphatic rings. The van der Waals surface area contributed by atoms with E-state index in [0.29, 0.717) is 6.61 Å². The maximum atomic E-state index is 5.46. The molecule has 2 aromatic rings. The van der Waals surface area contributed by atoms with E-state index in [1.165, 1.54) is 0 Å². The van der Waals surface area contributed by atoms with E-state index in [2.05, 4.69) is 31.0 Å². The van der Waals surface area contributed by atoms with E-state index in [9.17, 15) is 0 Å². The van der Waals surface area contributed by atoms with Crippen LogP contribution in [-0.4, -0.2) is 42.8 Å². The van der Waals surface area contributed by atoms with Crippen molar-refractivity contribution in [3.05, 3.63) is 64.4 Å². The molecule has 0 unspecified atom stereocenters. The van der Waals surface area contributed by atoms with E-state index in [0.717, 1.165) is 27.9 Å². The number of hydrogen-bond acceptors (Lipinski definition) is 4. The summed E-state index contributed by atoms with van der Waals surface area (Å²) in [6.45, 7) is 1.38. The minimum Gasteiger partial charge on any atom is -0.394 e. The molecule has 1 aromatic carbocycles. The number of oxime groups is 1. The van der Waals surface area contributed by atoms with Crippen molar-refractivity contribution in [3.8, 4) is 0 Å². The first kappa shape index (κ1) is 15.7. The van der Waals surface area contributed by atoms with E-state index in [1.54, 1.807) is 12.4 Å². The number of aromatic nitrogens is 1. The monoisotopic (exact) mass is 347 g/mol. The molecule has 0 atom stereocenters. The summed E-state index contributed by atoms with van der Waals surface area (Å²) in [5.74, 6) is 0. The largest absolute Gasteiger partial charge is 0.394 e. The Labute approximate surface area is 133 Å². The van der Waals surface area contributed by atoms with Crippen molar-refractivity contribution in [1.29, 1.82) is 0 Å². The van der Waals surface area contributed by atoms with Crippen molar-refractivity contribution in [3.63, 3.8) is 0 Å². The predicted molar refractivity (Wildman–Crippen MR) is 88.5 cm³/mol. The number of benzene rings is 1. The first-order valence-corrected chi connectivity index (χ1v) is 7.47. The van der Waals surface area contributed by atoms with Crippen molar-refractivity contribution in [2.24, 2.45) is 5.16 Å². The van der Waals surface area contributed by atoms with Crippen molar-refractivity contribution >= 4 is 21.6 Å². The number of likely N-dealkylation sites (N-methyl/N-ethyl adjacent to an activating group) is 1. The molecule has 110 valence electrons. The number of nitrogens with zero attached hydrogens (tertiary/aromatic N) is 3. The number of pyridine rings is 1. The third-order valence-corrected chi connectivity index (χ3v) is 3.39. The topological polar surface area (TPSA) is 37.7 Å². The minimum absolute atomic E-state index is 0.554. The summed E-state index contributed by atoms with van der Waals surface area (Å²) in [5, 5.41) is 4.31. The lowest BCUT2D eigenvalue weighted by atomic mass is 10.0. The Morgan fingerprint density at radius 3 is 2.33 bits per heavy atom. The van der Waals surface area contributed by atoms with E-state index in [-0.39, 0.29) is 0 Å². The van der Waals surface area contributed by atoms with Gasteiger partial charge in [-0.25, -0.2) is 0 Å². The fraction of sp³-hybridized carbons (Fsp3) is 0.250. The van der Waals surface area contributed by atoms with Crippen molar-refractivity contribution in [2.75, 3.05) is 27.2 Å². The summed E-state index contributed by atoms with van der Waals surface area (Å²) in [6, 6.07) is 11.9. The van der Waals surface area contributed by atoms with E-state index in [4.69, 9.17) is 4.84 Å². The first-order valence-electron chi connectivity index (χ1n) is 6.68. The molecule has 0 spiro atoms. The van der Waals surface area contributed by atoms with Gasteiger partial charge >= 0.3 is 0 Å².